The number of pyridine rings is 2. The summed E-state index contributed by atoms with van der Waals surface area (Å²) in [5.74, 6) is 0.718. The molecule has 136 valence electrons. The minimum absolute atomic E-state index is 0.512. The molecular weight excluding hydrogens is 338 g/mol. The predicted molar refractivity (Wildman–Crippen MR) is 105 cm³/mol. The fourth-order valence-corrected chi connectivity index (χ4v) is 3.25. The van der Waals surface area contributed by atoms with Gasteiger partial charge >= 0.3 is 0 Å². The van der Waals surface area contributed by atoms with E-state index in [0.717, 1.165) is 30.3 Å². The summed E-state index contributed by atoms with van der Waals surface area (Å²) in [6.07, 6.45) is 10.4. The van der Waals surface area contributed by atoms with Crippen LogP contribution in [0.4, 0.5) is 11.6 Å². The smallest absolute Gasteiger partial charge is 0.232 e. The third-order valence-electron chi connectivity index (χ3n) is 4.74. The highest BCUT2D eigenvalue weighted by molar-refractivity contribution is 6.11. The van der Waals surface area contributed by atoms with Crippen molar-refractivity contribution in [3.05, 3.63) is 60.3 Å². The summed E-state index contributed by atoms with van der Waals surface area (Å²) >= 11 is 0. The van der Waals surface area contributed by atoms with Crippen LogP contribution in [0.25, 0.3) is 11.3 Å². The van der Waals surface area contributed by atoms with E-state index < -0.39 is 0 Å². The molecule has 0 aromatic carbocycles. The zero-order valence-electron chi connectivity index (χ0n) is 15.0. The molecule has 0 atom stereocenters. The van der Waals surface area contributed by atoms with Crippen molar-refractivity contribution in [3.8, 4) is 11.3 Å². The van der Waals surface area contributed by atoms with Gasteiger partial charge in [-0.1, -0.05) is 0 Å². The average Bonchev–Trinajstić information content (AvgIpc) is 2.75. The highest BCUT2D eigenvalue weighted by Crippen LogP contribution is 2.22. The molecule has 27 heavy (non-hydrogen) atoms. The second kappa shape index (κ2) is 7.49. The van der Waals surface area contributed by atoms with Crippen LogP contribution in [0.1, 0.15) is 30.5 Å². The Labute approximate surface area is 157 Å². The molecule has 4 heterocycles. The summed E-state index contributed by atoms with van der Waals surface area (Å²) in [4.78, 5) is 19.9. The monoisotopic (exact) mass is 360 g/mol. The molecule has 0 spiro atoms. The number of hydrogen-bond donors (Lipinski definition) is 2. The molecule has 0 saturated carbocycles. The van der Waals surface area contributed by atoms with Crippen molar-refractivity contribution >= 4 is 17.3 Å². The van der Waals surface area contributed by atoms with Crippen molar-refractivity contribution in [2.75, 3.05) is 23.7 Å². The molecule has 4 N–H and O–H groups in total. The van der Waals surface area contributed by atoms with E-state index in [9.17, 15) is 0 Å². The van der Waals surface area contributed by atoms with E-state index in [1.54, 1.807) is 24.8 Å². The molecule has 1 fully saturated rings. The van der Waals surface area contributed by atoms with Crippen LogP contribution in [0.15, 0.2) is 49.1 Å². The number of rotatable bonds is 4. The number of aromatic nitrogens is 4. The van der Waals surface area contributed by atoms with Gasteiger partial charge in [0.15, 0.2) is 0 Å². The molecule has 0 amide bonds. The van der Waals surface area contributed by atoms with Gasteiger partial charge in [-0.15, -0.1) is 0 Å². The zero-order valence-corrected chi connectivity index (χ0v) is 15.0. The summed E-state index contributed by atoms with van der Waals surface area (Å²) in [6, 6.07) is 7.51. The van der Waals surface area contributed by atoms with Gasteiger partial charge in [0.1, 0.15) is 5.69 Å². The highest BCUT2D eigenvalue weighted by Gasteiger charge is 2.20. The standard InChI is InChI=1S/C20H21N7/c21-16-13-25-18(14-5-4-7-23-12-14)11-15(16)19(22)17-6-8-24-20(26-17)27-9-2-1-3-10-27/h4-8,11-13,22H,1-3,9-10,21H2/p+1. The van der Waals surface area contributed by atoms with Crippen molar-refractivity contribution in [2.24, 2.45) is 0 Å². The van der Waals surface area contributed by atoms with Crippen LogP contribution in [-0.4, -0.2) is 38.7 Å². The van der Waals surface area contributed by atoms with Gasteiger partial charge in [-0.3, -0.25) is 15.4 Å². The lowest BCUT2D eigenvalue weighted by Crippen LogP contribution is -2.42. The Kier molecular flexibility index (Phi) is 4.74. The van der Waals surface area contributed by atoms with E-state index in [-0.39, 0.29) is 0 Å². The lowest BCUT2D eigenvalue weighted by molar-refractivity contribution is -0.111. The molecular formula is C20H22N7+. The summed E-state index contributed by atoms with van der Waals surface area (Å²) in [5, 5.41) is 6.45. The summed E-state index contributed by atoms with van der Waals surface area (Å²) < 4.78 is 0. The van der Waals surface area contributed by atoms with Crippen LogP contribution >= 0.6 is 0 Å². The van der Waals surface area contributed by atoms with Crippen molar-refractivity contribution < 1.29 is 5.41 Å². The van der Waals surface area contributed by atoms with Crippen molar-refractivity contribution in [1.29, 1.82) is 0 Å². The van der Waals surface area contributed by atoms with Crippen LogP contribution in [0.3, 0.4) is 0 Å². The van der Waals surface area contributed by atoms with E-state index >= 15 is 0 Å². The predicted octanol–water partition coefficient (Wildman–Crippen LogP) is 1.10. The van der Waals surface area contributed by atoms with Crippen LogP contribution < -0.4 is 16.0 Å². The van der Waals surface area contributed by atoms with Crippen LogP contribution in [-0.2, 0) is 0 Å². The van der Waals surface area contributed by atoms with Gasteiger partial charge in [0.05, 0.1) is 23.1 Å². The third-order valence-corrected chi connectivity index (χ3v) is 4.74. The van der Waals surface area contributed by atoms with Gasteiger partial charge in [-0.25, -0.2) is 9.97 Å². The maximum Gasteiger partial charge on any atom is 0.232 e. The molecule has 7 heteroatoms. The number of nitrogen functional groups attached to an aromatic ring is 1. The first-order chi connectivity index (χ1) is 13.2. The lowest BCUT2D eigenvalue weighted by Gasteiger charge is -2.26. The SMILES string of the molecule is Nc1cnc(-c2cccnc2)cc1C(=[NH2+])c1ccnc(N2CCCCC2)n1. The van der Waals surface area contributed by atoms with Crippen LogP contribution in [0.5, 0.6) is 0 Å². The van der Waals surface area contributed by atoms with Crippen molar-refractivity contribution in [3.63, 3.8) is 0 Å². The molecule has 0 unspecified atom stereocenters. The largest absolute Gasteiger partial charge is 0.397 e. The van der Waals surface area contributed by atoms with E-state index in [1.165, 1.54) is 19.3 Å². The van der Waals surface area contributed by atoms with Gasteiger partial charge in [0.2, 0.25) is 11.7 Å². The molecule has 7 nitrogen and oxygen atoms in total. The first kappa shape index (κ1) is 17.1. The minimum Gasteiger partial charge on any atom is -0.397 e. The number of anilines is 2. The fourth-order valence-electron chi connectivity index (χ4n) is 3.25. The Hall–Kier alpha value is -3.35. The van der Waals surface area contributed by atoms with Gasteiger partial charge in [0.25, 0.3) is 0 Å². The number of nitrogens with zero attached hydrogens (tertiary/aromatic N) is 5. The highest BCUT2D eigenvalue weighted by atomic mass is 15.2. The normalized spacial score (nSPS) is 14.1. The van der Waals surface area contributed by atoms with Gasteiger partial charge < -0.3 is 10.6 Å². The number of nitrogens with two attached hydrogens (primary N) is 2. The molecule has 1 saturated heterocycles. The van der Waals surface area contributed by atoms with Crippen molar-refractivity contribution in [2.45, 2.75) is 19.3 Å². The molecule has 1 aliphatic rings. The number of piperidine rings is 1. The van der Waals surface area contributed by atoms with E-state index in [1.807, 2.05) is 24.3 Å². The summed E-state index contributed by atoms with van der Waals surface area (Å²) in [7, 11) is 0. The maximum absolute atomic E-state index is 6.45. The first-order valence-corrected chi connectivity index (χ1v) is 9.09. The van der Waals surface area contributed by atoms with Crippen molar-refractivity contribution in [1.82, 2.24) is 19.9 Å². The zero-order chi connectivity index (χ0) is 18.6. The molecule has 3 aromatic heterocycles. The quantitative estimate of drug-likeness (QED) is 0.675. The molecule has 3 aromatic rings. The summed E-state index contributed by atoms with van der Waals surface area (Å²) in [6.45, 7) is 1.96. The van der Waals surface area contributed by atoms with Crippen LogP contribution in [0.2, 0.25) is 0 Å². The maximum atomic E-state index is 6.45. The van der Waals surface area contributed by atoms with Gasteiger partial charge in [-0.2, -0.15) is 0 Å². The molecule has 4 rings (SSSR count). The Bertz CT molecular complexity index is 950. The summed E-state index contributed by atoms with van der Waals surface area (Å²) in [5.41, 5.74) is 10.2. The first-order valence-electron chi connectivity index (χ1n) is 9.09. The van der Waals surface area contributed by atoms with Gasteiger partial charge in [0, 0.05) is 37.2 Å². The Morgan fingerprint density at radius 2 is 1.89 bits per heavy atom. The van der Waals surface area contributed by atoms with E-state index in [0.29, 0.717) is 22.7 Å². The Morgan fingerprint density at radius 1 is 1.04 bits per heavy atom. The Morgan fingerprint density at radius 3 is 2.67 bits per heavy atom. The second-order valence-corrected chi connectivity index (χ2v) is 6.60. The molecule has 0 bridgehead atoms. The average molecular weight is 360 g/mol. The topological polar surface area (TPSA) is 106 Å². The fraction of sp³-hybridized carbons (Fsp3) is 0.250. The number of hydrogen-bond acceptors (Lipinski definition) is 6. The minimum atomic E-state index is 0.512. The van der Waals surface area contributed by atoms with Gasteiger partial charge in [-0.05, 0) is 43.5 Å². The van der Waals surface area contributed by atoms with E-state index in [2.05, 4.69) is 24.8 Å². The molecule has 0 aliphatic carbocycles. The van der Waals surface area contributed by atoms with Crippen LogP contribution in [0, 0.1) is 0 Å². The lowest BCUT2D eigenvalue weighted by atomic mass is 10.0. The second-order valence-electron chi connectivity index (χ2n) is 6.60. The third kappa shape index (κ3) is 3.62. The Balaban J connectivity index is 1.66. The molecule has 1 aliphatic heterocycles. The van der Waals surface area contributed by atoms with E-state index in [4.69, 9.17) is 11.1 Å². The molecule has 0 radical (unpaired) electrons.